The van der Waals surface area contributed by atoms with Gasteiger partial charge in [0.2, 0.25) is 0 Å². The van der Waals surface area contributed by atoms with Crippen molar-refractivity contribution in [2.75, 3.05) is 0 Å². The number of fused-ring (bicyclic) bond motifs is 2. The van der Waals surface area contributed by atoms with Crippen molar-refractivity contribution in [3.63, 3.8) is 0 Å². The molecule has 2 heterocycles. The van der Waals surface area contributed by atoms with E-state index in [9.17, 15) is 43.9 Å². The van der Waals surface area contributed by atoms with E-state index in [2.05, 4.69) is 4.98 Å². The molecule has 0 saturated carbocycles. The zero-order valence-corrected chi connectivity index (χ0v) is 16.6. The smallest absolute Gasteiger partial charge is 0.378 e. The standard InChI is InChI=1S/C22H12F10N2/c23-19(24,21(27,28)29)17-13-7-3-1-5-11(13)15(9-33-17)16-10-34-18(20(25,26)22(30,31)32)14-8-4-2-6-12(14)16/h1-10,17,33H. The minimum atomic E-state index is -5.93. The van der Waals surface area contributed by atoms with E-state index in [4.69, 9.17) is 0 Å². The Kier molecular flexibility index (Phi) is 5.33. The normalized spacial score (nSPS) is 17.2. The highest BCUT2D eigenvalue weighted by atomic mass is 19.4. The molecule has 0 aliphatic carbocycles. The first-order valence-electron chi connectivity index (χ1n) is 9.51. The van der Waals surface area contributed by atoms with Gasteiger partial charge >= 0.3 is 24.2 Å². The van der Waals surface area contributed by atoms with Crippen LogP contribution >= 0.6 is 0 Å². The van der Waals surface area contributed by atoms with Crippen LogP contribution in [0, 0.1) is 0 Å². The molecule has 3 aromatic rings. The Morgan fingerprint density at radius 1 is 0.676 bits per heavy atom. The van der Waals surface area contributed by atoms with Crippen LogP contribution in [-0.2, 0) is 5.92 Å². The average Bonchev–Trinajstić information content (AvgIpc) is 2.76. The third kappa shape index (κ3) is 3.55. The summed E-state index contributed by atoms with van der Waals surface area (Å²) in [6, 6.07) is 7.19. The number of alkyl halides is 10. The Bertz CT molecular complexity index is 1270. The molecule has 4 rings (SSSR count). The predicted octanol–water partition coefficient (Wildman–Crippen LogP) is 7.12. The van der Waals surface area contributed by atoms with Gasteiger partial charge in [0, 0.05) is 28.9 Å². The molecule has 180 valence electrons. The molecule has 2 nitrogen and oxygen atoms in total. The lowest BCUT2D eigenvalue weighted by molar-refractivity contribution is -0.293. The van der Waals surface area contributed by atoms with Crippen LogP contribution in [0.3, 0.4) is 0 Å². The van der Waals surface area contributed by atoms with Crippen molar-refractivity contribution in [1.82, 2.24) is 10.3 Å². The van der Waals surface area contributed by atoms with Crippen molar-refractivity contribution in [1.29, 1.82) is 0 Å². The maximum Gasteiger partial charge on any atom is 0.459 e. The lowest BCUT2D eigenvalue weighted by atomic mass is 9.85. The Morgan fingerprint density at radius 3 is 1.88 bits per heavy atom. The number of hydrogen-bond donors (Lipinski definition) is 1. The maximum atomic E-state index is 14.2. The molecular weight excluding hydrogens is 482 g/mol. The molecule has 1 N–H and O–H groups in total. The average molecular weight is 494 g/mol. The van der Waals surface area contributed by atoms with E-state index in [1.807, 2.05) is 5.32 Å². The van der Waals surface area contributed by atoms with E-state index in [1.54, 1.807) is 0 Å². The second-order valence-corrected chi connectivity index (χ2v) is 7.50. The maximum absolute atomic E-state index is 14.2. The van der Waals surface area contributed by atoms with Crippen LogP contribution in [0.2, 0.25) is 0 Å². The summed E-state index contributed by atoms with van der Waals surface area (Å²) >= 11 is 0. The van der Waals surface area contributed by atoms with Crippen molar-refractivity contribution in [2.45, 2.75) is 30.2 Å². The quantitative estimate of drug-likeness (QED) is 0.393. The van der Waals surface area contributed by atoms with Crippen LogP contribution < -0.4 is 5.32 Å². The third-order valence-electron chi connectivity index (χ3n) is 5.44. The van der Waals surface area contributed by atoms with Crippen LogP contribution in [0.5, 0.6) is 0 Å². The Morgan fingerprint density at radius 2 is 1.26 bits per heavy atom. The number of rotatable bonds is 3. The van der Waals surface area contributed by atoms with Gasteiger partial charge in [0.15, 0.2) is 0 Å². The van der Waals surface area contributed by atoms with Gasteiger partial charge in [-0.25, -0.2) is 0 Å². The van der Waals surface area contributed by atoms with Crippen molar-refractivity contribution in [3.05, 3.63) is 83.3 Å². The van der Waals surface area contributed by atoms with Crippen LogP contribution in [0.1, 0.15) is 28.4 Å². The molecule has 0 amide bonds. The highest BCUT2D eigenvalue weighted by Gasteiger charge is 2.63. The van der Waals surface area contributed by atoms with Gasteiger partial charge in [0.25, 0.3) is 0 Å². The largest absolute Gasteiger partial charge is 0.459 e. The fraction of sp³-hybridized carbons (Fsp3) is 0.227. The Labute approximate surface area is 184 Å². The molecule has 12 heteroatoms. The second kappa shape index (κ2) is 7.60. The number of benzene rings is 2. The molecule has 1 aliphatic heterocycles. The first-order chi connectivity index (χ1) is 15.7. The fourth-order valence-corrected chi connectivity index (χ4v) is 3.81. The minimum absolute atomic E-state index is 0.00426. The van der Waals surface area contributed by atoms with Crippen LogP contribution in [0.4, 0.5) is 43.9 Å². The van der Waals surface area contributed by atoms with Gasteiger partial charge in [-0.15, -0.1) is 0 Å². The fourth-order valence-electron chi connectivity index (χ4n) is 3.81. The molecule has 1 aromatic heterocycles. The third-order valence-corrected chi connectivity index (χ3v) is 5.44. The Balaban J connectivity index is 1.91. The lowest BCUT2D eigenvalue weighted by Crippen LogP contribution is -2.48. The molecule has 0 bridgehead atoms. The summed E-state index contributed by atoms with van der Waals surface area (Å²) in [6.07, 6.45) is -10.2. The van der Waals surface area contributed by atoms with Gasteiger partial charge in [-0.05, 0) is 16.5 Å². The summed E-state index contributed by atoms with van der Waals surface area (Å²) < 4.78 is 134. The van der Waals surface area contributed by atoms with Crippen LogP contribution in [0.25, 0.3) is 16.3 Å². The van der Waals surface area contributed by atoms with E-state index < -0.39 is 46.9 Å². The second-order valence-electron chi connectivity index (χ2n) is 7.50. The van der Waals surface area contributed by atoms with E-state index in [1.165, 1.54) is 36.4 Å². The molecular formula is C22H12F10N2. The summed E-state index contributed by atoms with van der Waals surface area (Å²) in [7, 11) is 0. The molecule has 2 aromatic carbocycles. The van der Waals surface area contributed by atoms with Gasteiger partial charge < -0.3 is 5.32 Å². The number of aromatic nitrogens is 1. The summed E-state index contributed by atoms with van der Waals surface area (Å²) in [5, 5.41) is 1.34. The lowest BCUT2D eigenvalue weighted by Gasteiger charge is -2.34. The van der Waals surface area contributed by atoms with Gasteiger partial charge in [0.1, 0.15) is 11.7 Å². The number of nitrogens with zero attached hydrogens (tertiary/aromatic N) is 1. The van der Waals surface area contributed by atoms with E-state index >= 15 is 0 Å². The molecule has 1 unspecified atom stereocenters. The van der Waals surface area contributed by atoms with Crippen LogP contribution in [-0.4, -0.2) is 23.3 Å². The molecule has 0 spiro atoms. The van der Waals surface area contributed by atoms with Crippen LogP contribution in [0.15, 0.2) is 60.9 Å². The predicted molar refractivity (Wildman–Crippen MR) is 102 cm³/mol. The first kappa shape index (κ1) is 23.8. The van der Waals surface area contributed by atoms with E-state index in [0.717, 1.165) is 18.3 Å². The highest BCUT2D eigenvalue weighted by Crippen LogP contribution is 2.49. The zero-order valence-electron chi connectivity index (χ0n) is 16.6. The Hall–Kier alpha value is -3.31. The van der Waals surface area contributed by atoms with E-state index in [-0.39, 0.29) is 22.1 Å². The van der Waals surface area contributed by atoms with Gasteiger partial charge in [0.05, 0.1) is 0 Å². The number of pyridine rings is 1. The molecule has 1 atom stereocenters. The van der Waals surface area contributed by atoms with Crippen molar-refractivity contribution in [2.24, 2.45) is 0 Å². The molecule has 0 radical (unpaired) electrons. The van der Waals surface area contributed by atoms with Gasteiger partial charge in [-0.2, -0.15) is 43.9 Å². The van der Waals surface area contributed by atoms with Crippen molar-refractivity contribution >= 4 is 16.3 Å². The monoisotopic (exact) mass is 494 g/mol. The van der Waals surface area contributed by atoms with Crippen molar-refractivity contribution < 1.29 is 43.9 Å². The summed E-state index contributed by atoms with van der Waals surface area (Å²) in [6.45, 7) is 0. The summed E-state index contributed by atoms with van der Waals surface area (Å²) in [5.41, 5.74) is -2.12. The highest BCUT2D eigenvalue weighted by molar-refractivity contribution is 5.99. The van der Waals surface area contributed by atoms with Gasteiger partial charge in [-0.1, -0.05) is 48.5 Å². The number of hydrogen-bond acceptors (Lipinski definition) is 2. The number of halogens is 10. The molecule has 0 fully saturated rings. The summed E-state index contributed by atoms with van der Waals surface area (Å²) in [5.74, 6) is -10.5. The molecule has 1 aliphatic rings. The summed E-state index contributed by atoms with van der Waals surface area (Å²) in [4.78, 5) is 3.33. The van der Waals surface area contributed by atoms with Crippen molar-refractivity contribution in [3.8, 4) is 0 Å². The SMILES string of the molecule is FC(F)(F)C(F)(F)c1ncc(C2=CNC(C(F)(F)C(F)(F)F)c3ccccc32)c2ccccc12. The minimum Gasteiger partial charge on any atom is -0.378 e. The molecule has 0 saturated heterocycles. The van der Waals surface area contributed by atoms with Gasteiger partial charge in [-0.3, -0.25) is 4.98 Å². The first-order valence-corrected chi connectivity index (χ1v) is 9.51. The number of nitrogens with one attached hydrogen (secondary N) is 1. The molecule has 34 heavy (non-hydrogen) atoms. The topological polar surface area (TPSA) is 24.9 Å². The zero-order chi connectivity index (χ0) is 25.1. The van der Waals surface area contributed by atoms with E-state index in [0.29, 0.717) is 6.20 Å².